The van der Waals surface area contributed by atoms with Crippen LogP contribution >= 0.6 is 15.9 Å². The van der Waals surface area contributed by atoms with E-state index in [4.69, 9.17) is 0 Å². The third-order valence-electron chi connectivity index (χ3n) is 3.57. The van der Waals surface area contributed by atoms with E-state index in [-0.39, 0.29) is 34.5 Å². The summed E-state index contributed by atoms with van der Waals surface area (Å²) in [6.45, 7) is 3.91. The van der Waals surface area contributed by atoms with Gasteiger partial charge in [-0.25, -0.2) is 0 Å². The zero-order valence-electron chi connectivity index (χ0n) is 12.1. The average molecular weight is 360 g/mol. The Bertz CT molecular complexity index is 812. The Morgan fingerprint density at radius 3 is 2.41 bits per heavy atom. The minimum atomic E-state index is -0.341. The molecule has 0 heterocycles. The lowest BCUT2D eigenvalue weighted by atomic mass is 9.82. The maximum absolute atomic E-state index is 12.9. The minimum absolute atomic E-state index is 0.0740. The number of ketones is 2. The van der Waals surface area contributed by atoms with Crippen molar-refractivity contribution < 1.29 is 14.7 Å². The molecule has 2 aromatic rings. The maximum Gasteiger partial charge on any atom is 0.200 e. The molecule has 112 valence electrons. The highest BCUT2D eigenvalue weighted by Gasteiger charge is 2.35. The Labute approximate surface area is 136 Å². The molecule has 0 amide bonds. The number of phenolic OH excluding ortho intramolecular Hbond substituents is 1. The molecule has 0 atom stereocenters. The molecule has 0 spiro atoms. The van der Waals surface area contributed by atoms with Crippen LogP contribution in [0.4, 0.5) is 5.69 Å². The van der Waals surface area contributed by atoms with Gasteiger partial charge in [-0.05, 0) is 32.0 Å². The molecule has 0 fully saturated rings. The predicted molar refractivity (Wildman–Crippen MR) is 87.9 cm³/mol. The molecule has 22 heavy (non-hydrogen) atoms. The lowest BCUT2D eigenvalue weighted by Gasteiger charge is -2.23. The summed E-state index contributed by atoms with van der Waals surface area (Å²) in [6.07, 6.45) is 0. The minimum Gasteiger partial charge on any atom is -0.507 e. The first-order valence-corrected chi connectivity index (χ1v) is 7.71. The quantitative estimate of drug-likeness (QED) is 0.731. The van der Waals surface area contributed by atoms with E-state index >= 15 is 0 Å². The molecule has 2 aromatic carbocycles. The van der Waals surface area contributed by atoms with E-state index in [1.54, 1.807) is 24.3 Å². The third kappa shape index (κ3) is 2.13. The zero-order valence-corrected chi connectivity index (χ0v) is 13.7. The van der Waals surface area contributed by atoms with Gasteiger partial charge in [-0.15, -0.1) is 0 Å². The molecule has 0 saturated carbocycles. The highest BCUT2D eigenvalue weighted by atomic mass is 79.9. The van der Waals surface area contributed by atoms with Crippen molar-refractivity contribution in [2.24, 2.45) is 0 Å². The van der Waals surface area contributed by atoms with Crippen molar-refractivity contribution in [3.8, 4) is 5.75 Å². The number of fused-ring (bicyclic) bond motifs is 2. The summed E-state index contributed by atoms with van der Waals surface area (Å²) in [6, 6.07) is 8.17. The molecule has 3 rings (SSSR count). The van der Waals surface area contributed by atoms with E-state index in [9.17, 15) is 14.7 Å². The summed E-state index contributed by atoms with van der Waals surface area (Å²) < 4.78 is 0.573. The van der Waals surface area contributed by atoms with E-state index in [1.807, 2.05) is 13.8 Å². The van der Waals surface area contributed by atoms with Gasteiger partial charge in [-0.1, -0.05) is 28.1 Å². The zero-order chi connectivity index (χ0) is 16.0. The number of nitrogens with one attached hydrogen (secondary N) is 1. The number of anilines is 1. The summed E-state index contributed by atoms with van der Waals surface area (Å²) in [7, 11) is 0. The van der Waals surface area contributed by atoms with E-state index < -0.39 is 0 Å². The Balaban J connectivity index is 2.32. The SMILES string of the molecule is CC(C)Nc1ccc(Br)c2c1C(=O)c1c(O)cccc1C2=O. The van der Waals surface area contributed by atoms with Crippen molar-refractivity contribution >= 4 is 33.2 Å². The Morgan fingerprint density at radius 1 is 1.00 bits per heavy atom. The van der Waals surface area contributed by atoms with Gasteiger partial charge in [-0.2, -0.15) is 0 Å². The third-order valence-corrected chi connectivity index (χ3v) is 4.23. The topological polar surface area (TPSA) is 66.4 Å². The lowest BCUT2D eigenvalue weighted by Crippen LogP contribution is -2.24. The smallest absolute Gasteiger partial charge is 0.200 e. The molecule has 4 nitrogen and oxygen atoms in total. The number of carbonyl (C=O) groups is 2. The molecule has 0 radical (unpaired) electrons. The molecule has 0 aromatic heterocycles. The fraction of sp³-hybridized carbons (Fsp3) is 0.176. The number of aromatic hydroxyl groups is 1. The molecule has 1 aliphatic rings. The number of phenols is 1. The summed E-state index contributed by atoms with van der Waals surface area (Å²) in [5.41, 5.74) is 1.56. The van der Waals surface area contributed by atoms with Crippen LogP contribution in [-0.4, -0.2) is 22.7 Å². The van der Waals surface area contributed by atoms with E-state index in [0.29, 0.717) is 21.3 Å². The van der Waals surface area contributed by atoms with Crippen LogP contribution in [0.5, 0.6) is 5.75 Å². The van der Waals surface area contributed by atoms with Gasteiger partial charge < -0.3 is 10.4 Å². The second kappa shape index (κ2) is 5.25. The van der Waals surface area contributed by atoms with Crippen LogP contribution < -0.4 is 5.32 Å². The van der Waals surface area contributed by atoms with E-state index in [2.05, 4.69) is 21.2 Å². The van der Waals surface area contributed by atoms with Gasteiger partial charge in [0.15, 0.2) is 11.6 Å². The summed E-state index contributed by atoms with van der Waals surface area (Å²) in [5, 5.41) is 13.2. The highest BCUT2D eigenvalue weighted by Crippen LogP contribution is 2.39. The normalized spacial score (nSPS) is 13.1. The van der Waals surface area contributed by atoms with Crippen molar-refractivity contribution in [3.63, 3.8) is 0 Å². The van der Waals surface area contributed by atoms with Crippen LogP contribution in [0.1, 0.15) is 45.7 Å². The first-order chi connectivity index (χ1) is 10.4. The molecule has 0 bridgehead atoms. The van der Waals surface area contributed by atoms with Gasteiger partial charge in [0, 0.05) is 21.8 Å². The van der Waals surface area contributed by atoms with Crippen LogP contribution in [0.15, 0.2) is 34.8 Å². The van der Waals surface area contributed by atoms with Gasteiger partial charge in [0.25, 0.3) is 0 Å². The van der Waals surface area contributed by atoms with Crippen LogP contribution in [0.3, 0.4) is 0 Å². The van der Waals surface area contributed by atoms with Crippen molar-refractivity contribution in [1.82, 2.24) is 0 Å². The van der Waals surface area contributed by atoms with E-state index in [1.165, 1.54) is 6.07 Å². The first-order valence-electron chi connectivity index (χ1n) is 6.92. The number of hydrogen-bond donors (Lipinski definition) is 2. The van der Waals surface area contributed by atoms with Crippen LogP contribution in [0.25, 0.3) is 0 Å². The summed E-state index contributed by atoms with van der Waals surface area (Å²) in [5.74, 6) is -0.774. The molecule has 2 N–H and O–H groups in total. The molecule has 0 saturated heterocycles. The Hall–Kier alpha value is -2.14. The maximum atomic E-state index is 12.9. The van der Waals surface area contributed by atoms with Gasteiger partial charge in [0.2, 0.25) is 0 Å². The predicted octanol–water partition coefficient (Wildman–Crippen LogP) is 3.75. The van der Waals surface area contributed by atoms with Gasteiger partial charge >= 0.3 is 0 Å². The summed E-state index contributed by atoms with van der Waals surface area (Å²) in [4.78, 5) is 25.6. The van der Waals surface area contributed by atoms with Crippen molar-refractivity contribution in [2.75, 3.05) is 5.32 Å². The number of rotatable bonds is 2. The largest absolute Gasteiger partial charge is 0.507 e. The monoisotopic (exact) mass is 359 g/mol. The van der Waals surface area contributed by atoms with Gasteiger partial charge in [-0.3, -0.25) is 9.59 Å². The Morgan fingerprint density at radius 2 is 1.73 bits per heavy atom. The number of hydrogen-bond acceptors (Lipinski definition) is 4. The fourth-order valence-electron chi connectivity index (χ4n) is 2.69. The number of benzene rings is 2. The molecule has 0 aliphatic heterocycles. The first kappa shape index (κ1) is 14.8. The van der Waals surface area contributed by atoms with Crippen LogP contribution in [-0.2, 0) is 0 Å². The van der Waals surface area contributed by atoms with E-state index in [0.717, 1.165) is 0 Å². The van der Waals surface area contributed by atoms with Crippen molar-refractivity contribution in [2.45, 2.75) is 19.9 Å². The summed E-state index contributed by atoms with van der Waals surface area (Å²) >= 11 is 3.36. The van der Waals surface area contributed by atoms with Crippen molar-refractivity contribution in [1.29, 1.82) is 0 Å². The second-order valence-electron chi connectivity index (χ2n) is 5.50. The second-order valence-corrected chi connectivity index (χ2v) is 6.36. The highest BCUT2D eigenvalue weighted by molar-refractivity contribution is 9.10. The van der Waals surface area contributed by atoms with Gasteiger partial charge in [0.05, 0.1) is 16.7 Å². The Kier molecular flexibility index (Phi) is 3.53. The van der Waals surface area contributed by atoms with Crippen LogP contribution in [0, 0.1) is 0 Å². The van der Waals surface area contributed by atoms with Gasteiger partial charge in [0.1, 0.15) is 5.75 Å². The average Bonchev–Trinajstić information content (AvgIpc) is 2.45. The molecular formula is C17H14BrNO3. The molecular weight excluding hydrogens is 346 g/mol. The molecule has 0 unspecified atom stereocenters. The standard InChI is InChI=1S/C17H14BrNO3/c1-8(2)19-11-7-6-10(18)14-15(11)17(22)13-9(16(14)21)4-3-5-12(13)20/h3-8,19-20H,1-2H3. The van der Waals surface area contributed by atoms with Crippen LogP contribution in [0.2, 0.25) is 0 Å². The number of carbonyl (C=O) groups excluding carboxylic acids is 2. The number of halogens is 1. The lowest BCUT2D eigenvalue weighted by molar-refractivity contribution is 0.0976. The molecule has 1 aliphatic carbocycles. The fourth-order valence-corrected chi connectivity index (χ4v) is 3.20. The van der Waals surface area contributed by atoms with Crippen molar-refractivity contribution in [3.05, 3.63) is 57.1 Å². The molecule has 5 heteroatoms.